The van der Waals surface area contributed by atoms with Gasteiger partial charge in [0.2, 0.25) is 12.0 Å². The van der Waals surface area contributed by atoms with E-state index in [9.17, 15) is 49.2 Å². The van der Waals surface area contributed by atoms with E-state index in [-0.39, 0.29) is 51.7 Å². The Labute approximate surface area is 330 Å². The molecule has 2 aromatic rings. The van der Waals surface area contributed by atoms with Crippen molar-refractivity contribution < 1.29 is 68.5 Å². The number of oxime groups is 2. The van der Waals surface area contributed by atoms with E-state index in [2.05, 4.69) is 20.6 Å². The number of β-lactam (4-membered cyclic amide) rings is 1. The van der Waals surface area contributed by atoms with Gasteiger partial charge in [-0.05, 0) is 12.1 Å². The van der Waals surface area contributed by atoms with Crippen molar-refractivity contribution in [2.24, 2.45) is 16.2 Å². The first-order valence-electron chi connectivity index (χ1n) is 16.9. The normalized spacial score (nSPS) is 19.8. The monoisotopic (exact) mass is 838 g/mol. The molecule has 0 saturated carbocycles. The van der Waals surface area contributed by atoms with Gasteiger partial charge in [-0.2, -0.15) is 0 Å². The molecule has 3 atom stereocenters. The second-order valence-electron chi connectivity index (χ2n) is 13.0. The van der Waals surface area contributed by atoms with Crippen LogP contribution in [0, 0.1) is 5.92 Å². The number of carbonyl (C=O) groups excluding carboxylic acids is 3. The van der Waals surface area contributed by atoms with E-state index in [1.54, 1.807) is 0 Å². The number of aliphatic carboxylic acids is 3. The Morgan fingerprint density at radius 2 is 1.84 bits per heavy atom. The average Bonchev–Trinajstić information content (AvgIpc) is 3.80. The number of carbonyl (C=O) groups is 6. The molecule has 20 nitrogen and oxygen atoms in total. The molecule has 3 aliphatic rings. The second-order valence-corrected chi connectivity index (χ2v) is 15.4. The molecule has 0 unspecified atom stereocenters. The number of Topliss-reactive ketones (excluding diaryl/α,β-unsaturated/α-hetero) is 1. The number of thiazole rings is 1. The predicted molar refractivity (Wildman–Crippen MR) is 199 cm³/mol. The fourth-order valence-electron chi connectivity index (χ4n) is 6.72. The van der Waals surface area contributed by atoms with Gasteiger partial charge in [-0.3, -0.25) is 24.1 Å². The van der Waals surface area contributed by atoms with E-state index in [0.29, 0.717) is 29.7 Å². The van der Waals surface area contributed by atoms with Crippen LogP contribution in [0.15, 0.2) is 39.1 Å². The highest BCUT2D eigenvalue weighted by Gasteiger charge is 2.55. The van der Waals surface area contributed by atoms with Gasteiger partial charge in [0.1, 0.15) is 25.0 Å². The van der Waals surface area contributed by atoms with E-state index in [1.165, 1.54) is 30.3 Å². The van der Waals surface area contributed by atoms with E-state index < -0.39 is 83.0 Å². The summed E-state index contributed by atoms with van der Waals surface area (Å²) in [5.41, 5.74) is 5.24. The van der Waals surface area contributed by atoms with E-state index in [4.69, 9.17) is 32.1 Å². The van der Waals surface area contributed by atoms with Gasteiger partial charge in [0.25, 0.3) is 5.91 Å². The lowest BCUT2D eigenvalue weighted by atomic mass is 9.89. The number of fused-ring (bicyclic) bond motifs is 1. The number of amides is 2. The fraction of sp³-hybridized carbons (Fsp3) is 0.424. The molecule has 2 fully saturated rings. The first-order chi connectivity index (χ1) is 26.6. The highest BCUT2D eigenvalue weighted by atomic mass is 35.5. The summed E-state index contributed by atoms with van der Waals surface area (Å²) in [6.45, 7) is 2.12. The SMILES string of the molecule is CO/N=C(\C(=O)NCC[N+]1(CC2=C(C(=O)O)N3C(=O)[C@@H](CC(=O)/C(=N\O[C@@H](CC(=O)O)C(=O)O)c4csc(N)n4)[C@H]3SC2)CCCC1)c1ccc(O)c(O)c1Cl. The van der Waals surface area contributed by atoms with E-state index >= 15 is 0 Å². The van der Waals surface area contributed by atoms with Gasteiger partial charge >= 0.3 is 17.9 Å². The number of aromatic nitrogens is 1. The number of rotatable bonds is 18. The van der Waals surface area contributed by atoms with Crippen LogP contribution >= 0.6 is 34.7 Å². The third-order valence-electron chi connectivity index (χ3n) is 9.36. The van der Waals surface area contributed by atoms with Crippen molar-refractivity contribution >= 4 is 86.8 Å². The first-order valence-corrected chi connectivity index (χ1v) is 19.2. The summed E-state index contributed by atoms with van der Waals surface area (Å²) in [4.78, 5) is 90.6. The van der Waals surface area contributed by atoms with Crippen molar-refractivity contribution in [1.82, 2.24) is 15.2 Å². The minimum atomic E-state index is -1.93. The number of aromatic hydroxyl groups is 2. The average molecular weight is 839 g/mol. The van der Waals surface area contributed by atoms with Gasteiger partial charge < -0.3 is 50.7 Å². The zero-order chi connectivity index (χ0) is 40.9. The summed E-state index contributed by atoms with van der Waals surface area (Å²) in [5.74, 6) is -8.41. The summed E-state index contributed by atoms with van der Waals surface area (Å²) >= 11 is 8.39. The van der Waals surface area contributed by atoms with Crippen LogP contribution in [0.3, 0.4) is 0 Å². The molecule has 0 bridgehead atoms. The Kier molecular flexibility index (Phi) is 13.1. The summed E-state index contributed by atoms with van der Waals surface area (Å²) < 4.78 is 0.412. The van der Waals surface area contributed by atoms with Crippen LogP contribution in [0.1, 0.15) is 36.9 Å². The quantitative estimate of drug-likeness (QED) is 0.0363. The number of nitrogens with two attached hydrogens (primary N) is 1. The number of carboxylic acid groups (broad SMARTS) is 3. The van der Waals surface area contributed by atoms with Crippen molar-refractivity contribution in [2.75, 3.05) is 51.3 Å². The smallest absolute Gasteiger partial charge is 0.352 e. The Hall–Kier alpha value is -5.45. The molecule has 1 aromatic heterocycles. The Bertz CT molecular complexity index is 2030. The van der Waals surface area contributed by atoms with Gasteiger partial charge in [-0.25, -0.2) is 14.6 Å². The lowest BCUT2D eigenvalue weighted by molar-refractivity contribution is -0.911. The number of nitrogens with zero attached hydrogens (tertiary/aromatic N) is 5. The van der Waals surface area contributed by atoms with Gasteiger partial charge in [-0.15, -0.1) is 23.1 Å². The number of hydrogen-bond acceptors (Lipinski definition) is 16. The molecule has 2 saturated heterocycles. The number of nitrogens with one attached hydrogen (secondary N) is 1. The standard InChI is InChI=1S/C33H36ClN7O13S2/c1-53-38-24(16-4-5-19(42)27(46)23(16)34)28(47)36-6-9-41(7-2-3-8-41)12-15-13-55-30-17(29(48)40(30)26(15)32(51)52)10-20(43)25(18-14-56-33(35)37-18)39-54-21(31(49)50)11-22(44)45/h4-5,14,17,21,30H,2-3,6-13H2,1H3,(H7-,35,36,37,38,39,42,43,44,45,46,47,49,50,51,52)/p+1/t17-,21+,30-/m1/s1. The van der Waals surface area contributed by atoms with Crippen molar-refractivity contribution in [1.29, 1.82) is 0 Å². The highest BCUT2D eigenvalue weighted by Crippen LogP contribution is 2.46. The number of ketones is 1. The van der Waals surface area contributed by atoms with E-state index in [1.807, 2.05) is 0 Å². The number of phenols is 2. The molecule has 0 radical (unpaired) electrons. The number of likely N-dealkylation sites (tertiary alicyclic amines) is 1. The Balaban J connectivity index is 1.30. The van der Waals surface area contributed by atoms with Crippen molar-refractivity contribution in [3.63, 3.8) is 0 Å². The number of nitrogen functional groups attached to an aromatic ring is 1. The topological polar surface area (TPSA) is 301 Å². The third kappa shape index (κ3) is 8.98. The van der Waals surface area contributed by atoms with Crippen LogP contribution in [0.25, 0.3) is 0 Å². The number of carboxylic acids is 3. The number of quaternary nitrogens is 1. The molecular formula is C33H37ClN7O13S2+. The van der Waals surface area contributed by atoms with Gasteiger partial charge in [0.15, 0.2) is 33.8 Å². The predicted octanol–water partition coefficient (Wildman–Crippen LogP) is 1.05. The van der Waals surface area contributed by atoms with Crippen LogP contribution in [0.5, 0.6) is 11.5 Å². The minimum absolute atomic E-state index is 0.0166. The third-order valence-corrected chi connectivity index (χ3v) is 11.8. The number of hydrogen-bond donors (Lipinski definition) is 7. The molecule has 3 aliphatic heterocycles. The zero-order valence-electron chi connectivity index (χ0n) is 29.5. The lowest BCUT2D eigenvalue weighted by Gasteiger charge is -2.50. The number of benzene rings is 1. The van der Waals surface area contributed by atoms with Gasteiger partial charge in [0.05, 0.1) is 48.9 Å². The van der Waals surface area contributed by atoms with E-state index in [0.717, 1.165) is 35.1 Å². The van der Waals surface area contributed by atoms with Crippen LogP contribution < -0.4 is 11.1 Å². The van der Waals surface area contributed by atoms with Crippen molar-refractivity contribution in [3.8, 4) is 11.5 Å². The Morgan fingerprint density at radius 3 is 2.45 bits per heavy atom. The van der Waals surface area contributed by atoms with Crippen LogP contribution in [0.4, 0.5) is 5.13 Å². The summed E-state index contributed by atoms with van der Waals surface area (Å²) in [6, 6.07) is 2.45. The second kappa shape index (κ2) is 17.6. The maximum absolute atomic E-state index is 13.6. The number of phenolic OH excluding ortho intramolecular Hbond substituents is 2. The maximum Gasteiger partial charge on any atom is 0.352 e. The maximum atomic E-state index is 13.6. The minimum Gasteiger partial charge on any atom is -0.504 e. The summed E-state index contributed by atoms with van der Waals surface area (Å²) in [6.07, 6.45) is -1.67. The highest BCUT2D eigenvalue weighted by molar-refractivity contribution is 8.00. The molecule has 5 rings (SSSR count). The number of thioether (sulfide) groups is 1. The van der Waals surface area contributed by atoms with Crippen molar-refractivity contribution in [3.05, 3.63) is 45.1 Å². The molecule has 1 aromatic carbocycles. The number of halogens is 1. The van der Waals surface area contributed by atoms with Crippen LogP contribution in [0.2, 0.25) is 5.02 Å². The zero-order valence-corrected chi connectivity index (χ0v) is 31.9. The van der Waals surface area contributed by atoms with Crippen LogP contribution in [-0.4, -0.2) is 144 Å². The molecule has 300 valence electrons. The first kappa shape index (κ1) is 41.7. The lowest BCUT2D eigenvalue weighted by Crippen LogP contribution is -2.63. The number of anilines is 1. The summed E-state index contributed by atoms with van der Waals surface area (Å²) in [7, 11) is 1.22. The molecule has 0 spiro atoms. The molecule has 8 N–H and O–H groups in total. The molecule has 56 heavy (non-hydrogen) atoms. The molecule has 23 heteroatoms. The molecule has 0 aliphatic carbocycles. The Morgan fingerprint density at radius 1 is 1.12 bits per heavy atom. The van der Waals surface area contributed by atoms with Crippen LogP contribution in [-0.2, 0) is 38.4 Å². The molecular weight excluding hydrogens is 802 g/mol. The van der Waals surface area contributed by atoms with Gasteiger partial charge in [0, 0.05) is 41.5 Å². The fourth-order valence-corrected chi connectivity index (χ4v) is 8.92. The molecule has 2 amide bonds. The molecule has 4 heterocycles. The van der Waals surface area contributed by atoms with Crippen molar-refractivity contribution in [2.45, 2.75) is 37.2 Å². The largest absolute Gasteiger partial charge is 0.504 e. The summed E-state index contributed by atoms with van der Waals surface area (Å²) in [5, 5.41) is 59.1. The van der Waals surface area contributed by atoms with Gasteiger partial charge in [-0.1, -0.05) is 21.9 Å².